The summed E-state index contributed by atoms with van der Waals surface area (Å²) in [4.78, 5) is 12.3. The maximum Gasteiger partial charge on any atom is 0.198 e. The van der Waals surface area contributed by atoms with E-state index in [-0.39, 0.29) is 6.29 Å². The first-order chi connectivity index (χ1) is 7.04. The first-order valence-electron chi connectivity index (χ1n) is 3.40. The predicted molar refractivity (Wildman–Crippen MR) is 40.5 cm³/mol. The first-order valence-corrected chi connectivity index (χ1v) is 3.40. The molecular weight excluding hydrogens is 218 g/mol. The van der Waals surface area contributed by atoms with Crippen LogP contribution in [0.3, 0.4) is 0 Å². The number of halogens is 4. The van der Waals surface area contributed by atoms with Gasteiger partial charge in [0, 0.05) is 4.91 Å². The summed E-state index contributed by atoms with van der Waals surface area (Å²) >= 11 is 0. The SMILES string of the molecule is [N-]=[N+]=Nc1c(F)c(F)c(F)c(F)c1C=O. The zero-order chi connectivity index (χ0) is 11.6. The van der Waals surface area contributed by atoms with E-state index in [1.54, 1.807) is 0 Å². The van der Waals surface area contributed by atoms with Crippen molar-refractivity contribution in [3.63, 3.8) is 0 Å². The lowest BCUT2D eigenvalue weighted by atomic mass is 10.1. The summed E-state index contributed by atoms with van der Waals surface area (Å²) in [5.41, 5.74) is 5.58. The summed E-state index contributed by atoms with van der Waals surface area (Å²) < 4.78 is 50.9. The van der Waals surface area contributed by atoms with Crippen molar-refractivity contribution >= 4 is 12.0 Å². The Morgan fingerprint density at radius 3 is 2.07 bits per heavy atom. The van der Waals surface area contributed by atoms with Gasteiger partial charge in [0.25, 0.3) is 0 Å². The molecule has 1 aromatic rings. The number of nitrogens with zero attached hydrogens (tertiary/aromatic N) is 3. The maximum atomic E-state index is 12.9. The van der Waals surface area contributed by atoms with Crippen LogP contribution in [0.2, 0.25) is 0 Å². The molecule has 0 atom stereocenters. The Bertz CT molecular complexity index is 482. The van der Waals surface area contributed by atoms with Crippen LogP contribution in [0.1, 0.15) is 10.4 Å². The quantitative estimate of drug-likeness (QED) is 0.143. The molecule has 0 amide bonds. The van der Waals surface area contributed by atoms with Crippen LogP contribution in [-0.4, -0.2) is 6.29 Å². The van der Waals surface area contributed by atoms with Gasteiger partial charge in [0.1, 0.15) is 0 Å². The van der Waals surface area contributed by atoms with E-state index in [9.17, 15) is 22.4 Å². The molecule has 0 heterocycles. The number of aldehydes is 1. The number of hydrogen-bond donors (Lipinski definition) is 0. The van der Waals surface area contributed by atoms with E-state index in [1.165, 1.54) is 0 Å². The Morgan fingerprint density at radius 1 is 1.07 bits per heavy atom. The van der Waals surface area contributed by atoms with Gasteiger partial charge in [-0.05, 0) is 5.53 Å². The minimum absolute atomic E-state index is 0.273. The highest BCUT2D eigenvalue weighted by Crippen LogP contribution is 2.29. The Balaban J connectivity index is 3.77. The lowest BCUT2D eigenvalue weighted by Crippen LogP contribution is -2.01. The van der Waals surface area contributed by atoms with Gasteiger partial charge in [-0.25, -0.2) is 17.6 Å². The number of carbonyl (C=O) groups is 1. The molecule has 0 aromatic heterocycles. The topological polar surface area (TPSA) is 65.8 Å². The fourth-order valence-electron chi connectivity index (χ4n) is 0.887. The van der Waals surface area contributed by atoms with Crippen LogP contribution in [-0.2, 0) is 0 Å². The summed E-state index contributed by atoms with van der Waals surface area (Å²) in [7, 11) is 0. The summed E-state index contributed by atoms with van der Waals surface area (Å²) in [6.45, 7) is 0. The number of azide groups is 1. The smallest absolute Gasteiger partial charge is 0.198 e. The summed E-state index contributed by atoms with van der Waals surface area (Å²) in [5, 5.41) is 2.57. The molecule has 1 aromatic carbocycles. The van der Waals surface area contributed by atoms with Gasteiger partial charge >= 0.3 is 0 Å². The Labute approximate surface area is 79.8 Å². The van der Waals surface area contributed by atoms with Crippen molar-refractivity contribution < 1.29 is 22.4 Å². The standard InChI is InChI=1S/C7HF4N3O/c8-3-2(1-15)7(13-14-12)6(11)5(10)4(3)9/h1H. The molecule has 0 N–H and O–H groups in total. The molecular formula is C7HF4N3O. The summed E-state index contributed by atoms with van der Waals surface area (Å²) in [6.07, 6.45) is -0.273. The molecule has 0 aliphatic carbocycles. The maximum absolute atomic E-state index is 12.9. The Kier molecular flexibility index (Phi) is 2.91. The molecule has 0 spiro atoms. The van der Waals surface area contributed by atoms with Gasteiger partial charge in [0.05, 0.1) is 11.3 Å². The van der Waals surface area contributed by atoms with Crippen molar-refractivity contribution in [3.05, 3.63) is 39.3 Å². The second-order valence-corrected chi connectivity index (χ2v) is 2.33. The van der Waals surface area contributed by atoms with Crippen LogP contribution in [0.4, 0.5) is 23.2 Å². The second-order valence-electron chi connectivity index (χ2n) is 2.33. The van der Waals surface area contributed by atoms with Gasteiger partial charge in [0.2, 0.25) is 0 Å². The van der Waals surface area contributed by atoms with Crippen LogP contribution in [0, 0.1) is 23.3 Å². The molecule has 0 radical (unpaired) electrons. The van der Waals surface area contributed by atoms with E-state index >= 15 is 0 Å². The van der Waals surface area contributed by atoms with Crippen LogP contribution < -0.4 is 0 Å². The van der Waals surface area contributed by atoms with E-state index in [0.29, 0.717) is 0 Å². The van der Waals surface area contributed by atoms with E-state index < -0.39 is 34.5 Å². The lowest BCUT2D eigenvalue weighted by Gasteiger charge is -2.04. The summed E-state index contributed by atoms with van der Waals surface area (Å²) in [5.74, 6) is -8.08. The van der Waals surface area contributed by atoms with Crippen molar-refractivity contribution in [2.75, 3.05) is 0 Å². The molecule has 78 valence electrons. The third-order valence-electron chi connectivity index (χ3n) is 1.54. The Hall–Kier alpha value is -2.08. The number of carbonyl (C=O) groups excluding carboxylic acids is 1. The molecule has 0 aliphatic heterocycles. The average molecular weight is 219 g/mol. The Morgan fingerprint density at radius 2 is 1.60 bits per heavy atom. The molecule has 0 saturated carbocycles. The normalized spacial score (nSPS) is 9.60. The molecule has 0 fully saturated rings. The molecule has 1 rings (SSSR count). The molecule has 0 bridgehead atoms. The minimum atomic E-state index is -2.14. The number of benzene rings is 1. The molecule has 8 heteroatoms. The first kappa shape index (κ1) is 11.0. The van der Waals surface area contributed by atoms with Gasteiger partial charge in [-0.1, -0.05) is 5.11 Å². The second kappa shape index (κ2) is 3.97. The highest BCUT2D eigenvalue weighted by Gasteiger charge is 2.24. The van der Waals surface area contributed by atoms with E-state index in [0.717, 1.165) is 0 Å². The highest BCUT2D eigenvalue weighted by atomic mass is 19.2. The van der Waals surface area contributed by atoms with Gasteiger partial charge in [0.15, 0.2) is 29.6 Å². The van der Waals surface area contributed by atoms with Gasteiger partial charge < -0.3 is 0 Å². The third-order valence-corrected chi connectivity index (χ3v) is 1.54. The fraction of sp³-hybridized carbons (Fsp3) is 0. The van der Waals surface area contributed by atoms with Crippen molar-refractivity contribution in [1.29, 1.82) is 0 Å². The highest BCUT2D eigenvalue weighted by molar-refractivity contribution is 5.83. The zero-order valence-corrected chi connectivity index (χ0v) is 6.84. The molecule has 0 saturated heterocycles. The average Bonchev–Trinajstić information content (AvgIpc) is 2.24. The predicted octanol–water partition coefficient (Wildman–Crippen LogP) is 3.00. The van der Waals surface area contributed by atoms with E-state index in [4.69, 9.17) is 5.53 Å². The van der Waals surface area contributed by atoms with Gasteiger partial charge in [-0.2, -0.15) is 0 Å². The van der Waals surface area contributed by atoms with Crippen LogP contribution >= 0.6 is 0 Å². The van der Waals surface area contributed by atoms with Crippen molar-refractivity contribution in [1.82, 2.24) is 0 Å². The van der Waals surface area contributed by atoms with Crippen molar-refractivity contribution in [2.45, 2.75) is 0 Å². The van der Waals surface area contributed by atoms with Gasteiger partial charge in [-0.3, -0.25) is 4.79 Å². The fourth-order valence-corrected chi connectivity index (χ4v) is 0.887. The third kappa shape index (κ3) is 1.62. The van der Waals surface area contributed by atoms with Crippen LogP contribution in [0.15, 0.2) is 5.11 Å². The molecule has 0 aliphatic rings. The largest absolute Gasteiger partial charge is 0.298 e. The number of rotatable bonds is 2. The molecule has 0 unspecified atom stereocenters. The monoisotopic (exact) mass is 219 g/mol. The van der Waals surface area contributed by atoms with Crippen LogP contribution in [0.5, 0.6) is 0 Å². The van der Waals surface area contributed by atoms with Crippen molar-refractivity contribution in [3.8, 4) is 0 Å². The van der Waals surface area contributed by atoms with Crippen molar-refractivity contribution in [2.24, 2.45) is 5.11 Å². The molecule has 15 heavy (non-hydrogen) atoms. The van der Waals surface area contributed by atoms with Gasteiger partial charge in [-0.15, -0.1) is 0 Å². The van der Waals surface area contributed by atoms with E-state index in [1.807, 2.05) is 0 Å². The van der Waals surface area contributed by atoms with Crippen LogP contribution in [0.25, 0.3) is 10.4 Å². The summed E-state index contributed by atoms with van der Waals surface area (Å²) in [6, 6.07) is 0. The molecule has 4 nitrogen and oxygen atoms in total. The number of hydrogen-bond acceptors (Lipinski definition) is 2. The lowest BCUT2D eigenvalue weighted by molar-refractivity contribution is 0.111. The zero-order valence-electron chi connectivity index (χ0n) is 6.84. The van der Waals surface area contributed by atoms with E-state index in [2.05, 4.69) is 10.0 Å². The minimum Gasteiger partial charge on any atom is -0.298 e.